The fourth-order valence-corrected chi connectivity index (χ4v) is 5.40. The molecule has 0 saturated carbocycles. The van der Waals surface area contributed by atoms with Crippen molar-refractivity contribution in [1.82, 2.24) is 15.1 Å². The molecule has 2 fully saturated rings. The highest BCUT2D eigenvalue weighted by Crippen LogP contribution is 2.45. The number of anilines is 2. The summed E-state index contributed by atoms with van der Waals surface area (Å²) in [7, 11) is 1.24. The van der Waals surface area contributed by atoms with Gasteiger partial charge in [0.2, 0.25) is 0 Å². The second-order valence-corrected chi connectivity index (χ2v) is 9.14. The molecule has 2 amide bonds. The van der Waals surface area contributed by atoms with E-state index in [-0.39, 0.29) is 24.3 Å². The molecule has 3 aromatic rings. The first-order chi connectivity index (χ1) is 17.3. The standard InChI is InChI=1S/C25H26F3N5O3/c1-36-24(35)33-21-7-3-6-20(18(21)14-30-33)31-23(34)29-13-15-8-11-22(19(12-15)25(26,27)28)32-16-4-2-5-17(32)10-9-16/h3,6-8,11-12,14,16-17H,2,4-5,9-10,13H2,1H3,(H2,29,31,34). The summed E-state index contributed by atoms with van der Waals surface area (Å²) in [4.78, 5) is 26.3. The molecule has 5 rings (SSSR count). The number of ether oxygens (including phenoxy) is 1. The Balaban J connectivity index is 1.31. The molecule has 2 aliphatic heterocycles. The summed E-state index contributed by atoms with van der Waals surface area (Å²) in [6.07, 6.45) is 0.997. The normalized spacial score (nSPS) is 19.4. The molecule has 2 bridgehead atoms. The minimum Gasteiger partial charge on any atom is -0.451 e. The molecule has 0 aliphatic carbocycles. The highest BCUT2D eigenvalue weighted by molar-refractivity contribution is 6.02. The summed E-state index contributed by atoms with van der Waals surface area (Å²) in [5, 5.41) is 9.77. The Bertz CT molecular complexity index is 1290. The quantitative estimate of drug-likeness (QED) is 0.492. The van der Waals surface area contributed by atoms with E-state index in [9.17, 15) is 22.8 Å². The number of hydrogen-bond donors (Lipinski definition) is 2. The third-order valence-electron chi connectivity index (χ3n) is 7.00. The van der Waals surface area contributed by atoms with E-state index in [0.717, 1.165) is 42.9 Å². The van der Waals surface area contributed by atoms with Crippen molar-refractivity contribution in [3.8, 4) is 0 Å². The van der Waals surface area contributed by atoms with Gasteiger partial charge in [0.05, 0.1) is 30.1 Å². The van der Waals surface area contributed by atoms with Gasteiger partial charge in [-0.2, -0.15) is 23.0 Å². The largest absolute Gasteiger partial charge is 0.451 e. The average Bonchev–Trinajstić information content (AvgIpc) is 3.40. The van der Waals surface area contributed by atoms with Crippen LogP contribution in [0.4, 0.5) is 34.1 Å². The molecule has 2 aromatic carbocycles. The van der Waals surface area contributed by atoms with Gasteiger partial charge in [-0.15, -0.1) is 0 Å². The molecular formula is C25H26F3N5O3. The molecule has 36 heavy (non-hydrogen) atoms. The van der Waals surface area contributed by atoms with Crippen LogP contribution in [0.5, 0.6) is 0 Å². The molecule has 0 spiro atoms. The number of halogens is 3. The molecular weight excluding hydrogens is 475 g/mol. The zero-order chi connectivity index (χ0) is 25.4. The highest BCUT2D eigenvalue weighted by atomic mass is 19.4. The number of hydrogen-bond acceptors (Lipinski definition) is 5. The lowest BCUT2D eigenvalue weighted by molar-refractivity contribution is -0.137. The lowest BCUT2D eigenvalue weighted by Crippen LogP contribution is -2.40. The minimum atomic E-state index is -4.50. The van der Waals surface area contributed by atoms with Gasteiger partial charge in [0, 0.05) is 29.7 Å². The smallest absolute Gasteiger partial charge is 0.434 e. The number of nitrogens with zero attached hydrogens (tertiary/aromatic N) is 3. The summed E-state index contributed by atoms with van der Waals surface area (Å²) in [6, 6.07) is 8.95. The van der Waals surface area contributed by atoms with Crippen LogP contribution in [0.25, 0.3) is 10.9 Å². The summed E-state index contributed by atoms with van der Waals surface area (Å²) in [6.45, 7) is -0.0839. The number of rotatable bonds is 4. The van der Waals surface area contributed by atoms with E-state index in [1.54, 1.807) is 24.3 Å². The molecule has 190 valence electrons. The van der Waals surface area contributed by atoms with Crippen LogP contribution in [0.1, 0.15) is 43.2 Å². The minimum absolute atomic E-state index is 0.0839. The summed E-state index contributed by atoms with van der Waals surface area (Å²) < 4.78 is 47.8. The van der Waals surface area contributed by atoms with Crippen LogP contribution >= 0.6 is 0 Å². The van der Waals surface area contributed by atoms with Crippen LogP contribution in [-0.4, -0.2) is 41.1 Å². The number of aromatic nitrogens is 2. The van der Waals surface area contributed by atoms with Crippen molar-refractivity contribution in [3.05, 3.63) is 53.7 Å². The van der Waals surface area contributed by atoms with E-state index < -0.39 is 23.9 Å². The first-order valence-corrected chi connectivity index (χ1v) is 11.8. The van der Waals surface area contributed by atoms with Gasteiger partial charge >= 0.3 is 18.3 Å². The third-order valence-corrected chi connectivity index (χ3v) is 7.00. The number of amides is 2. The second-order valence-electron chi connectivity index (χ2n) is 9.14. The third kappa shape index (κ3) is 4.45. The molecule has 8 nitrogen and oxygen atoms in total. The molecule has 2 atom stereocenters. The van der Waals surface area contributed by atoms with Gasteiger partial charge in [0.1, 0.15) is 0 Å². The predicted octanol–water partition coefficient (Wildman–Crippen LogP) is 5.51. The molecule has 0 radical (unpaired) electrons. The van der Waals surface area contributed by atoms with Crippen molar-refractivity contribution in [2.45, 2.75) is 56.9 Å². The number of fused-ring (bicyclic) bond motifs is 3. The zero-order valence-electron chi connectivity index (χ0n) is 19.6. The first-order valence-electron chi connectivity index (χ1n) is 11.8. The number of urea groups is 1. The Labute approximate surface area is 205 Å². The number of alkyl halides is 3. The number of methoxy groups -OCH3 is 1. The predicted molar refractivity (Wildman–Crippen MR) is 128 cm³/mol. The first kappa shape index (κ1) is 24.0. The summed E-state index contributed by atoms with van der Waals surface area (Å²) >= 11 is 0. The molecule has 2 aliphatic rings. The Morgan fingerprint density at radius 3 is 2.56 bits per heavy atom. The zero-order valence-corrected chi connectivity index (χ0v) is 19.6. The number of nitrogens with one attached hydrogen (secondary N) is 2. The maximum atomic E-state index is 14.0. The van der Waals surface area contributed by atoms with Crippen LogP contribution in [0.2, 0.25) is 0 Å². The Hall–Kier alpha value is -3.76. The van der Waals surface area contributed by atoms with E-state index >= 15 is 0 Å². The van der Waals surface area contributed by atoms with Crippen LogP contribution in [-0.2, 0) is 17.5 Å². The lowest BCUT2D eigenvalue weighted by Gasteiger charge is -2.38. The highest BCUT2D eigenvalue weighted by Gasteiger charge is 2.42. The van der Waals surface area contributed by atoms with Gasteiger partial charge in [0.15, 0.2) is 0 Å². The fraction of sp³-hybridized carbons (Fsp3) is 0.400. The SMILES string of the molecule is COC(=O)n1ncc2c(NC(=O)NCc3ccc(N4C5CCCC4CC5)c(C(F)(F)F)c3)cccc21. The van der Waals surface area contributed by atoms with E-state index in [4.69, 9.17) is 0 Å². The number of benzene rings is 2. The maximum absolute atomic E-state index is 14.0. The summed E-state index contributed by atoms with van der Waals surface area (Å²) in [5.41, 5.74) is 0.754. The monoisotopic (exact) mass is 501 g/mol. The molecule has 2 saturated heterocycles. The molecule has 2 N–H and O–H groups in total. The van der Waals surface area contributed by atoms with Gasteiger partial charge < -0.3 is 20.3 Å². The Kier molecular flexibility index (Phi) is 6.23. The van der Waals surface area contributed by atoms with Crippen molar-refractivity contribution in [1.29, 1.82) is 0 Å². The fourth-order valence-electron chi connectivity index (χ4n) is 5.40. The number of piperidine rings is 1. The van der Waals surface area contributed by atoms with E-state index in [1.165, 1.54) is 19.4 Å². The van der Waals surface area contributed by atoms with Crippen LogP contribution in [0.3, 0.4) is 0 Å². The van der Waals surface area contributed by atoms with Gasteiger partial charge in [-0.1, -0.05) is 12.1 Å². The summed E-state index contributed by atoms with van der Waals surface area (Å²) in [5.74, 6) is 0. The lowest BCUT2D eigenvalue weighted by atomic mass is 9.99. The van der Waals surface area contributed by atoms with Crippen LogP contribution in [0.15, 0.2) is 42.6 Å². The molecule has 3 heterocycles. The van der Waals surface area contributed by atoms with Gasteiger partial charge in [-0.3, -0.25) is 0 Å². The van der Waals surface area contributed by atoms with Crippen LogP contribution < -0.4 is 15.5 Å². The molecule has 1 aromatic heterocycles. The van der Waals surface area contributed by atoms with E-state index in [0.29, 0.717) is 22.2 Å². The van der Waals surface area contributed by atoms with Crippen molar-refractivity contribution in [2.75, 3.05) is 17.3 Å². The van der Waals surface area contributed by atoms with Crippen molar-refractivity contribution >= 4 is 34.4 Å². The average molecular weight is 502 g/mol. The van der Waals surface area contributed by atoms with E-state index in [1.807, 2.05) is 4.90 Å². The maximum Gasteiger partial charge on any atom is 0.434 e. The van der Waals surface area contributed by atoms with Crippen LogP contribution in [0, 0.1) is 0 Å². The van der Waals surface area contributed by atoms with Gasteiger partial charge in [-0.05, 0) is 61.9 Å². The number of carbonyl (C=O) groups excluding carboxylic acids is 2. The molecule has 11 heteroatoms. The second kappa shape index (κ2) is 9.36. The van der Waals surface area contributed by atoms with Crippen molar-refractivity contribution < 1.29 is 27.5 Å². The van der Waals surface area contributed by atoms with Crippen molar-refractivity contribution in [2.24, 2.45) is 0 Å². The Morgan fingerprint density at radius 1 is 1.11 bits per heavy atom. The van der Waals surface area contributed by atoms with Crippen molar-refractivity contribution in [3.63, 3.8) is 0 Å². The van der Waals surface area contributed by atoms with Gasteiger partial charge in [-0.25, -0.2) is 9.59 Å². The molecule has 2 unspecified atom stereocenters. The van der Waals surface area contributed by atoms with Gasteiger partial charge in [0.25, 0.3) is 0 Å². The van der Waals surface area contributed by atoms with E-state index in [2.05, 4.69) is 20.5 Å². The number of carbonyl (C=O) groups is 2. The Morgan fingerprint density at radius 2 is 1.86 bits per heavy atom. The topological polar surface area (TPSA) is 88.5 Å².